The number of benzene rings is 2. The average Bonchev–Trinajstić information content (AvgIpc) is 3.48. The predicted molar refractivity (Wildman–Crippen MR) is 132 cm³/mol. The standard InChI is InChI=1S/C26H30N4O4S/c1-20-24(18-27-30(20)21-7-4-3-5-8-21)25(31)28-14-11-26(19-28)12-15-29(16-13-26)35(32,33)23-10-6-9-22(17-23)34-2/h3-10,17-18H,11-16,19H2,1-2H3. The van der Waals surface area contributed by atoms with Crippen LogP contribution < -0.4 is 4.74 Å². The molecule has 3 heterocycles. The monoisotopic (exact) mass is 494 g/mol. The lowest BCUT2D eigenvalue weighted by Gasteiger charge is -2.38. The second kappa shape index (κ2) is 9.13. The molecule has 0 atom stereocenters. The van der Waals surface area contributed by atoms with Gasteiger partial charge in [-0.3, -0.25) is 4.79 Å². The Bertz CT molecular complexity index is 1330. The van der Waals surface area contributed by atoms with Crippen molar-refractivity contribution in [3.8, 4) is 11.4 Å². The summed E-state index contributed by atoms with van der Waals surface area (Å²) < 4.78 is 34.9. The van der Waals surface area contributed by atoms with Crippen molar-refractivity contribution in [3.05, 3.63) is 72.1 Å². The molecule has 2 aliphatic rings. The SMILES string of the molecule is COc1cccc(S(=O)(=O)N2CCC3(CCN(C(=O)c4cnn(-c5ccccc5)c4C)C3)CC2)c1. The summed E-state index contributed by atoms with van der Waals surface area (Å²) in [5, 5.41) is 4.45. The van der Waals surface area contributed by atoms with Crippen LogP contribution >= 0.6 is 0 Å². The molecular weight excluding hydrogens is 464 g/mol. The van der Waals surface area contributed by atoms with E-state index in [-0.39, 0.29) is 16.2 Å². The van der Waals surface area contributed by atoms with Crippen LogP contribution in [-0.2, 0) is 10.0 Å². The molecule has 1 aromatic heterocycles. The first-order valence-electron chi connectivity index (χ1n) is 11.9. The number of sulfonamides is 1. The van der Waals surface area contributed by atoms with Crippen molar-refractivity contribution in [2.45, 2.75) is 31.1 Å². The van der Waals surface area contributed by atoms with E-state index in [0.717, 1.165) is 30.6 Å². The Kier molecular flexibility index (Phi) is 6.14. The third-order valence-electron chi connectivity index (χ3n) is 7.43. The van der Waals surface area contributed by atoms with Crippen molar-refractivity contribution in [2.75, 3.05) is 33.3 Å². The molecule has 1 spiro atoms. The molecule has 0 aliphatic carbocycles. The van der Waals surface area contributed by atoms with Crippen LogP contribution in [0.15, 0.2) is 65.7 Å². The summed E-state index contributed by atoms with van der Waals surface area (Å²) in [6, 6.07) is 16.4. The number of hydrogen-bond donors (Lipinski definition) is 0. The molecule has 0 saturated carbocycles. The molecule has 1 amide bonds. The van der Waals surface area contributed by atoms with E-state index >= 15 is 0 Å². The van der Waals surface area contributed by atoms with Crippen molar-refractivity contribution >= 4 is 15.9 Å². The van der Waals surface area contributed by atoms with Crippen molar-refractivity contribution in [1.29, 1.82) is 0 Å². The number of methoxy groups -OCH3 is 1. The highest BCUT2D eigenvalue weighted by molar-refractivity contribution is 7.89. The maximum Gasteiger partial charge on any atom is 0.257 e. The number of likely N-dealkylation sites (tertiary alicyclic amines) is 1. The molecule has 2 saturated heterocycles. The summed E-state index contributed by atoms with van der Waals surface area (Å²) in [4.78, 5) is 15.5. The van der Waals surface area contributed by atoms with Crippen molar-refractivity contribution < 1.29 is 17.9 Å². The third-order valence-corrected chi connectivity index (χ3v) is 9.32. The molecule has 3 aromatic rings. The number of ether oxygens (including phenoxy) is 1. The molecular formula is C26H30N4O4S. The minimum Gasteiger partial charge on any atom is -0.497 e. The lowest BCUT2D eigenvalue weighted by atomic mass is 9.78. The molecule has 8 nitrogen and oxygen atoms in total. The summed E-state index contributed by atoms with van der Waals surface area (Å²) in [5.41, 5.74) is 2.32. The maximum absolute atomic E-state index is 13.4. The van der Waals surface area contributed by atoms with E-state index in [4.69, 9.17) is 4.74 Å². The van der Waals surface area contributed by atoms with E-state index in [0.29, 0.717) is 37.5 Å². The van der Waals surface area contributed by atoms with Crippen LogP contribution in [0.4, 0.5) is 0 Å². The number of aromatic nitrogens is 2. The fourth-order valence-electron chi connectivity index (χ4n) is 5.25. The summed E-state index contributed by atoms with van der Waals surface area (Å²) in [6.07, 6.45) is 4.01. The molecule has 0 N–H and O–H groups in total. The zero-order chi connectivity index (χ0) is 24.6. The number of piperidine rings is 1. The fraction of sp³-hybridized carbons (Fsp3) is 0.385. The summed E-state index contributed by atoms with van der Waals surface area (Å²) >= 11 is 0. The van der Waals surface area contributed by atoms with Crippen LogP contribution in [0.25, 0.3) is 5.69 Å². The number of para-hydroxylation sites is 1. The largest absolute Gasteiger partial charge is 0.497 e. The second-order valence-corrected chi connectivity index (χ2v) is 11.4. The quantitative estimate of drug-likeness (QED) is 0.542. The van der Waals surface area contributed by atoms with Crippen LogP contribution in [0.2, 0.25) is 0 Å². The van der Waals surface area contributed by atoms with Gasteiger partial charge in [0.25, 0.3) is 5.91 Å². The van der Waals surface area contributed by atoms with Gasteiger partial charge in [0.15, 0.2) is 0 Å². The molecule has 0 bridgehead atoms. The highest BCUT2D eigenvalue weighted by Crippen LogP contribution is 2.42. The minimum atomic E-state index is -3.58. The molecule has 2 aromatic carbocycles. The van der Waals surface area contributed by atoms with Gasteiger partial charge in [-0.15, -0.1) is 0 Å². The van der Waals surface area contributed by atoms with E-state index < -0.39 is 10.0 Å². The van der Waals surface area contributed by atoms with Gasteiger partial charge in [0, 0.05) is 32.2 Å². The Hall–Kier alpha value is -3.17. The van der Waals surface area contributed by atoms with E-state index in [1.807, 2.05) is 42.2 Å². The van der Waals surface area contributed by atoms with Crippen molar-refractivity contribution in [1.82, 2.24) is 19.0 Å². The zero-order valence-corrected chi connectivity index (χ0v) is 20.9. The van der Waals surface area contributed by atoms with Gasteiger partial charge in [0.2, 0.25) is 10.0 Å². The Balaban J connectivity index is 1.26. The van der Waals surface area contributed by atoms with Gasteiger partial charge in [-0.05, 0) is 55.9 Å². The maximum atomic E-state index is 13.4. The van der Waals surface area contributed by atoms with E-state index in [1.54, 1.807) is 39.4 Å². The van der Waals surface area contributed by atoms with Crippen molar-refractivity contribution in [2.24, 2.45) is 5.41 Å². The number of nitrogens with zero attached hydrogens (tertiary/aromatic N) is 4. The first-order valence-corrected chi connectivity index (χ1v) is 13.3. The number of carbonyl (C=O) groups excluding carboxylic acids is 1. The number of amides is 1. The molecule has 2 aliphatic heterocycles. The summed E-state index contributed by atoms with van der Waals surface area (Å²) in [6.45, 7) is 4.15. The fourth-order valence-corrected chi connectivity index (χ4v) is 6.72. The zero-order valence-electron chi connectivity index (χ0n) is 20.1. The molecule has 2 fully saturated rings. The lowest BCUT2D eigenvalue weighted by molar-refractivity contribution is 0.0750. The molecule has 184 valence electrons. The van der Waals surface area contributed by atoms with Crippen LogP contribution in [0, 0.1) is 12.3 Å². The smallest absolute Gasteiger partial charge is 0.257 e. The van der Waals surface area contributed by atoms with Gasteiger partial charge in [-0.25, -0.2) is 13.1 Å². The van der Waals surface area contributed by atoms with Crippen LogP contribution in [0.3, 0.4) is 0 Å². The van der Waals surface area contributed by atoms with Crippen LogP contribution in [-0.4, -0.2) is 66.6 Å². The second-order valence-electron chi connectivity index (χ2n) is 9.45. The minimum absolute atomic E-state index is 0.00649. The Labute approximate surface area is 206 Å². The topological polar surface area (TPSA) is 84.7 Å². The van der Waals surface area contributed by atoms with Crippen LogP contribution in [0.1, 0.15) is 35.3 Å². The first-order chi connectivity index (χ1) is 16.8. The highest BCUT2D eigenvalue weighted by atomic mass is 32.2. The Morgan fingerprint density at radius 1 is 1.00 bits per heavy atom. The van der Waals surface area contributed by atoms with E-state index in [1.165, 1.54) is 7.11 Å². The van der Waals surface area contributed by atoms with E-state index in [2.05, 4.69) is 5.10 Å². The average molecular weight is 495 g/mol. The third kappa shape index (κ3) is 4.34. The van der Waals surface area contributed by atoms with Crippen LogP contribution in [0.5, 0.6) is 5.75 Å². The van der Waals surface area contributed by atoms with Crippen molar-refractivity contribution in [3.63, 3.8) is 0 Å². The first kappa shape index (κ1) is 23.6. The summed E-state index contributed by atoms with van der Waals surface area (Å²) in [7, 11) is -2.06. The molecule has 35 heavy (non-hydrogen) atoms. The highest BCUT2D eigenvalue weighted by Gasteiger charge is 2.44. The number of rotatable bonds is 5. The predicted octanol–water partition coefficient (Wildman–Crippen LogP) is 3.51. The summed E-state index contributed by atoms with van der Waals surface area (Å²) in [5.74, 6) is 0.517. The van der Waals surface area contributed by atoms with E-state index in [9.17, 15) is 13.2 Å². The van der Waals surface area contributed by atoms with Gasteiger partial charge in [0.05, 0.1) is 35.1 Å². The van der Waals surface area contributed by atoms with Gasteiger partial charge < -0.3 is 9.64 Å². The number of carbonyl (C=O) groups is 1. The molecule has 5 rings (SSSR count). The molecule has 9 heteroatoms. The van der Waals surface area contributed by atoms with Gasteiger partial charge >= 0.3 is 0 Å². The number of hydrogen-bond acceptors (Lipinski definition) is 5. The van der Waals surface area contributed by atoms with Gasteiger partial charge in [-0.1, -0.05) is 24.3 Å². The molecule has 0 radical (unpaired) electrons. The normalized spacial score (nSPS) is 18.2. The van der Waals surface area contributed by atoms with Gasteiger partial charge in [0.1, 0.15) is 5.75 Å². The Morgan fingerprint density at radius 2 is 1.71 bits per heavy atom. The Morgan fingerprint density at radius 3 is 2.43 bits per heavy atom. The van der Waals surface area contributed by atoms with Gasteiger partial charge in [-0.2, -0.15) is 9.40 Å². The molecule has 0 unspecified atom stereocenters. The lowest BCUT2D eigenvalue weighted by Crippen LogP contribution is -2.44.